The predicted molar refractivity (Wildman–Crippen MR) is 121 cm³/mol. The molecule has 0 saturated heterocycles. The van der Waals surface area contributed by atoms with E-state index in [2.05, 4.69) is 15.4 Å². The predicted octanol–water partition coefficient (Wildman–Crippen LogP) is 3.18. The monoisotopic (exact) mass is 443 g/mol. The zero-order chi connectivity index (χ0) is 23.3. The molecule has 8 nitrogen and oxygen atoms in total. The minimum Gasteiger partial charge on any atom is -0.365 e. The third-order valence-electron chi connectivity index (χ3n) is 5.78. The van der Waals surface area contributed by atoms with Crippen molar-refractivity contribution in [2.24, 2.45) is 5.73 Å². The van der Waals surface area contributed by atoms with Crippen molar-refractivity contribution in [2.45, 2.75) is 20.3 Å². The van der Waals surface area contributed by atoms with Crippen molar-refractivity contribution < 1.29 is 18.6 Å². The fraction of sp³-hybridized carbons (Fsp3) is 0.125. The summed E-state index contributed by atoms with van der Waals surface area (Å²) < 4.78 is 16.8. The molecule has 0 saturated carbocycles. The Morgan fingerprint density at radius 3 is 2.79 bits per heavy atom. The molecule has 164 valence electrons. The molecule has 3 aromatic heterocycles. The van der Waals surface area contributed by atoms with E-state index < -0.39 is 11.9 Å². The second kappa shape index (κ2) is 7.63. The molecule has 5 rings (SSSR count). The average molecular weight is 443 g/mol. The van der Waals surface area contributed by atoms with Crippen LogP contribution >= 0.6 is 0 Å². The standard InChI is InChI=1S/C24H19FN6O2/c1-3-22(32)30-10-16-6-19(13(2)18(16)12-30)29-23-17(24(26)33)9-28-31-11-15(7-20(23)31)14-4-5-27-21(25)8-14/h4-12H,3H2,1-2H3,(H2-,26,28,29,33)/p+1. The summed E-state index contributed by atoms with van der Waals surface area (Å²) in [5, 5.41) is 7.63. The third kappa shape index (κ3) is 3.43. The number of pyridine rings is 1. The third-order valence-corrected chi connectivity index (χ3v) is 5.78. The number of nitrogens with one attached hydrogen (secondary N) is 1. The number of anilines is 1. The topological polar surface area (TPSA) is 105 Å². The number of allylic oxidation sites excluding steroid dienone is 4. The molecule has 33 heavy (non-hydrogen) atoms. The zero-order valence-corrected chi connectivity index (χ0v) is 18.0. The van der Waals surface area contributed by atoms with Crippen LogP contribution < -0.4 is 11.1 Å². The van der Waals surface area contributed by atoms with Crippen molar-refractivity contribution in [1.82, 2.24) is 14.6 Å². The van der Waals surface area contributed by atoms with Gasteiger partial charge in [-0.2, -0.15) is 9.49 Å². The van der Waals surface area contributed by atoms with Gasteiger partial charge in [-0.1, -0.05) is 6.92 Å². The quantitative estimate of drug-likeness (QED) is 0.466. The lowest BCUT2D eigenvalue weighted by atomic mass is 10.1. The first kappa shape index (κ1) is 20.5. The number of primary amides is 1. The van der Waals surface area contributed by atoms with Crippen LogP contribution in [0.25, 0.3) is 16.6 Å². The molecule has 0 atom stereocenters. The van der Waals surface area contributed by atoms with E-state index in [0.717, 1.165) is 22.4 Å². The van der Waals surface area contributed by atoms with E-state index in [1.807, 2.05) is 32.2 Å². The number of nitrogens with zero attached hydrogens (tertiary/aromatic N) is 4. The molecule has 3 N–H and O–H groups in total. The maximum Gasteiger partial charge on any atom is 0.391 e. The first-order valence-electron chi connectivity index (χ1n) is 10.4. The van der Waals surface area contributed by atoms with Crippen LogP contribution in [0.1, 0.15) is 30.6 Å². The molecule has 0 radical (unpaired) electrons. The van der Waals surface area contributed by atoms with Crippen molar-refractivity contribution in [2.75, 3.05) is 5.32 Å². The van der Waals surface area contributed by atoms with Gasteiger partial charge in [0.05, 0.1) is 40.5 Å². The van der Waals surface area contributed by atoms with E-state index in [1.165, 1.54) is 18.5 Å². The van der Waals surface area contributed by atoms with Crippen LogP contribution in [0.4, 0.5) is 10.1 Å². The van der Waals surface area contributed by atoms with Gasteiger partial charge >= 0.3 is 5.91 Å². The molecular weight excluding hydrogens is 423 g/mol. The molecule has 2 amide bonds. The Morgan fingerprint density at radius 1 is 1.27 bits per heavy atom. The van der Waals surface area contributed by atoms with Gasteiger partial charge in [-0.25, -0.2) is 14.3 Å². The molecule has 0 spiro atoms. The lowest BCUT2D eigenvalue weighted by molar-refractivity contribution is -0.374. The summed E-state index contributed by atoms with van der Waals surface area (Å²) in [7, 11) is 0. The molecule has 0 aromatic carbocycles. The minimum atomic E-state index is -0.625. The Bertz CT molecular complexity index is 1490. The number of carbonyl (C=O) groups is 2. The normalized spacial score (nSPS) is 14.8. The summed E-state index contributed by atoms with van der Waals surface area (Å²) in [5.41, 5.74) is 11.9. The van der Waals surface area contributed by atoms with Crippen LogP contribution in [-0.2, 0) is 4.79 Å². The highest BCUT2D eigenvalue weighted by Gasteiger charge is 2.31. The molecule has 4 heterocycles. The van der Waals surface area contributed by atoms with E-state index in [0.29, 0.717) is 28.8 Å². The van der Waals surface area contributed by atoms with Crippen LogP contribution in [0.5, 0.6) is 0 Å². The van der Waals surface area contributed by atoms with Crippen LogP contribution in [0, 0.1) is 5.95 Å². The number of fused-ring (bicyclic) bond motifs is 2. The molecule has 0 fully saturated rings. The number of nitrogens with two attached hydrogens (primary N) is 1. The number of amides is 2. The minimum absolute atomic E-state index is 0.0141. The van der Waals surface area contributed by atoms with Gasteiger partial charge in [-0.15, -0.1) is 4.58 Å². The van der Waals surface area contributed by atoms with E-state index in [4.69, 9.17) is 5.73 Å². The molecule has 0 unspecified atom stereocenters. The largest absolute Gasteiger partial charge is 0.391 e. The van der Waals surface area contributed by atoms with Crippen LogP contribution in [0.2, 0.25) is 0 Å². The summed E-state index contributed by atoms with van der Waals surface area (Å²) in [6, 6.07) is 4.83. The lowest BCUT2D eigenvalue weighted by Gasteiger charge is -2.12. The van der Waals surface area contributed by atoms with E-state index in [-0.39, 0.29) is 11.5 Å². The Morgan fingerprint density at radius 2 is 2.09 bits per heavy atom. The van der Waals surface area contributed by atoms with Gasteiger partial charge in [0.25, 0.3) is 5.91 Å². The highest BCUT2D eigenvalue weighted by Crippen LogP contribution is 2.36. The Kier molecular flexibility index (Phi) is 4.74. The maximum absolute atomic E-state index is 13.6. The number of rotatable bonds is 5. The second-order valence-corrected chi connectivity index (χ2v) is 7.81. The van der Waals surface area contributed by atoms with Gasteiger partial charge in [0.2, 0.25) is 5.95 Å². The average Bonchev–Trinajstić information content (AvgIpc) is 3.48. The van der Waals surface area contributed by atoms with Gasteiger partial charge in [-0.3, -0.25) is 4.79 Å². The fourth-order valence-corrected chi connectivity index (χ4v) is 4.01. The summed E-state index contributed by atoms with van der Waals surface area (Å²) >= 11 is 0. The molecule has 1 aliphatic heterocycles. The van der Waals surface area contributed by atoms with Gasteiger partial charge in [0.1, 0.15) is 0 Å². The van der Waals surface area contributed by atoms with E-state index in [1.54, 1.807) is 27.6 Å². The second-order valence-electron chi connectivity index (χ2n) is 7.81. The van der Waals surface area contributed by atoms with Crippen molar-refractivity contribution >= 4 is 29.2 Å². The highest BCUT2D eigenvalue weighted by molar-refractivity contribution is 6.03. The highest BCUT2D eigenvalue weighted by atomic mass is 19.1. The molecule has 0 bridgehead atoms. The smallest absolute Gasteiger partial charge is 0.365 e. The van der Waals surface area contributed by atoms with Crippen molar-refractivity contribution in [1.29, 1.82) is 0 Å². The van der Waals surface area contributed by atoms with Crippen molar-refractivity contribution in [3.05, 3.63) is 83.0 Å². The summed E-state index contributed by atoms with van der Waals surface area (Å²) in [6.07, 6.45) is 10.5. The van der Waals surface area contributed by atoms with Crippen LogP contribution in [-0.4, -0.2) is 37.2 Å². The van der Waals surface area contributed by atoms with Gasteiger partial charge in [0.15, 0.2) is 12.4 Å². The SMILES string of the molecule is CCC(=O)[N+]1=CC2=CC(Nc3c(C(N)=O)cnn4cc(-c5ccnc(F)c5)cc34)=C(C)C2=C1. The summed E-state index contributed by atoms with van der Waals surface area (Å²) in [6.45, 7) is 3.76. The number of hydrogen-bond donors (Lipinski definition) is 2. The van der Waals surface area contributed by atoms with Gasteiger partial charge < -0.3 is 11.1 Å². The molecule has 2 aliphatic rings. The van der Waals surface area contributed by atoms with Crippen molar-refractivity contribution in [3.8, 4) is 11.1 Å². The summed E-state index contributed by atoms with van der Waals surface area (Å²) in [5.74, 6) is -1.20. The van der Waals surface area contributed by atoms with E-state index >= 15 is 0 Å². The summed E-state index contributed by atoms with van der Waals surface area (Å²) in [4.78, 5) is 27.8. The molecule has 3 aromatic rings. The first-order chi connectivity index (χ1) is 15.9. The lowest BCUT2D eigenvalue weighted by Crippen LogP contribution is -2.16. The number of carbonyl (C=O) groups excluding carboxylic acids is 2. The zero-order valence-electron chi connectivity index (χ0n) is 18.0. The van der Waals surface area contributed by atoms with Crippen LogP contribution in [0.15, 0.2) is 71.5 Å². The Hall–Kier alpha value is -4.40. The number of halogens is 1. The number of hydrogen-bond acceptors (Lipinski definition) is 5. The van der Waals surface area contributed by atoms with Gasteiger partial charge in [0, 0.05) is 29.7 Å². The van der Waals surface area contributed by atoms with Crippen molar-refractivity contribution in [3.63, 3.8) is 0 Å². The Balaban J connectivity index is 1.58. The fourth-order valence-electron chi connectivity index (χ4n) is 4.01. The Labute approximate surface area is 188 Å². The van der Waals surface area contributed by atoms with Crippen LogP contribution in [0.3, 0.4) is 0 Å². The maximum atomic E-state index is 13.6. The van der Waals surface area contributed by atoms with E-state index in [9.17, 15) is 14.0 Å². The molecular formula is C24H20FN6O2+. The van der Waals surface area contributed by atoms with Gasteiger partial charge in [-0.05, 0) is 36.3 Å². The number of aromatic nitrogens is 3. The first-order valence-corrected chi connectivity index (χ1v) is 10.4. The molecule has 9 heteroatoms. The molecule has 1 aliphatic carbocycles.